The topological polar surface area (TPSA) is 122 Å². The number of nitrogens with zero attached hydrogens (tertiary/aromatic N) is 1. The van der Waals surface area contributed by atoms with Crippen LogP contribution in [0.25, 0.3) is 10.2 Å². The molecular weight excluding hydrogens is 547 g/mol. The van der Waals surface area contributed by atoms with Crippen molar-refractivity contribution < 1.29 is 22.8 Å². The molecule has 202 valence electrons. The summed E-state index contributed by atoms with van der Waals surface area (Å²) in [5, 5.41) is 0. The molecule has 1 atom stereocenters. The Hall–Kier alpha value is -1.26. The molecule has 1 unspecified atom stereocenters. The number of hydrogen-bond donors (Lipinski definition) is 1. The third-order valence-corrected chi connectivity index (χ3v) is 12.8. The van der Waals surface area contributed by atoms with Gasteiger partial charge in [0, 0.05) is 11.2 Å². The number of sulfonamides is 1. The summed E-state index contributed by atoms with van der Waals surface area (Å²) in [5.74, 6) is -0.132. The van der Waals surface area contributed by atoms with Gasteiger partial charge in [-0.15, -0.1) is 11.3 Å². The van der Waals surface area contributed by atoms with Gasteiger partial charge in [-0.25, -0.2) is 18.1 Å². The fourth-order valence-corrected chi connectivity index (χ4v) is 10.9. The molecule has 1 aromatic heterocycles. The number of thioether (sulfide) groups is 1. The van der Waals surface area contributed by atoms with Gasteiger partial charge in [0.15, 0.2) is 4.34 Å². The summed E-state index contributed by atoms with van der Waals surface area (Å²) in [6.45, 7) is 3.53. The van der Waals surface area contributed by atoms with Crippen molar-refractivity contribution in [3.8, 4) is 0 Å². The van der Waals surface area contributed by atoms with Gasteiger partial charge in [-0.05, 0) is 63.0 Å². The lowest BCUT2D eigenvalue weighted by Gasteiger charge is -2.50. The largest absolute Gasteiger partial charge is 0.810 e. The fraction of sp³-hybridized carbons (Fsp3) is 0.500. The van der Waals surface area contributed by atoms with Crippen LogP contribution in [-0.4, -0.2) is 24.9 Å². The zero-order chi connectivity index (χ0) is 26.7. The molecule has 1 heterocycles. The van der Waals surface area contributed by atoms with Gasteiger partial charge in [-0.1, -0.05) is 75.2 Å². The Morgan fingerprint density at radius 2 is 1.78 bits per heavy atom. The highest BCUT2D eigenvalue weighted by Gasteiger charge is 2.42. The Bertz CT molecular complexity index is 1350. The quantitative estimate of drug-likeness (QED) is 0.243. The summed E-state index contributed by atoms with van der Waals surface area (Å²) in [5.41, 5.74) is 0.105. The second kappa shape index (κ2) is 11.9. The van der Waals surface area contributed by atoms with Crippen molar-refractivity contribution in [3.05, 3.63) is 54.1 Å². The van der Waals surface area contributed by atoms with Gasteiger partial charge in [0.1, 0.15) is 0 Å². The van der Waals surface area contributed by atoms with Crippen molar-refractivity contribution in [2.24, 2.45) is 5.92 Å². The lowest BCUT2D eigenvalue weighted by atomic mass is 9.75. The van der Waals surface area contributed by atoms with Gasteiger partial charge in [0.2, 0.25) is 10.0 Å². The molecule has 3 aromatic rings. The van der Waals surface area contributed by atoms with Gasteiger partial charge >= 0.3 is 0 Å². The molecule has 4 rings (SSSR count). The second-order valence-electron chi connectivity index (χ2n) is 9.72. The minimum absolute atomic E-state index is 0.0832. The molecule has 1 aliphatic rings. The van der Waals surface area contributed by atoms with Crippen LogP contribution in [0.5, 0.6) is 0 Å². The highest BCUT2D eigenvalue weighted by molar-refractivity contribution is 8.01. The highest BCUT2D eigenvalue weighted by atomic mass is 32.2. The Morgan fingerprint density at radius 3 is 2.41 bits per heavy atom. The minimum Gasteiger partial charge on any atom is -0.810 e. The Labute approximate surface area is 227 Å². The van der Waals surface area contributed by atoms with E-state index in [1.54, 1.807) is 62.0 Å². The van der Waals surface area contributed by atoms with Crippen LogP contribution in [0.3, 0.4) is 0 Å². The summed E-state index contributed by atoms with van der Waals surface area (Å²) < 4.78 is 43.3. The number of hydrogen-bond acceptors (Lipinski definition) is 8. The summed E-state index contributed by atoms with van der Waals surface area (Å²) >= 11 is 3.14. The van der Waals surface area contributed by atoms with Crippen LogP contribution in [0, 0.1) is 5.92 Å². The summed E-state index contributed by atoms with van der Waals surface area (Å²) in [6.07, 6.45) is 6.90. The Morgan fingerprint density at radius 1 is 1.11 bits per heavy atom. The molecule has 1 aliphatic carbocycles. The van der Waals surface area contributed by atoms with E-state index in [1.165, 1.54) is 55.6 Å². The maximum absolute atomic E-state index is 13.5. The monoisotopic (exact) mass is 580 g/mol. The van der Waals surface area contributed by atoms with Crippen molar-refractivity contribution >= 4 is 50.9 Å². The lowest BCUT2D eigenvalue weighted by Crippen LogP contribution is -2.53. The van der Waals surface area contributed by atoms with E-state index in [-0.39, 0.29) is 17.7 Å². The summed E-state index contributed by atoms with van der Waals surface area (Å²) in [6, 6.07) is 13.3. The molecule has 1 N–H and O–H groups in total. The maximum Gasteiger partial charge on any atom is 0.241 e. The van der Waals surface area contributed by atoms with Crippen molar-refractivity contribution in [1.82, 2.24) is 9.71 Å². The summed E-state index contributed by atoms with van der Waals surface area (Å²) in [7, 11) is -9.70. The Kier molecular flexibility index (Phi) is 9.21. The molecule has 0 spiro atoms. The van der Waals surface area contributed by atoms with E-state index in [4.69, 9.17) is 0 Å². The number of aromatic nitrogens is 1. The van der Waals surface area contributed by atoms with E-state index in [0.29, 0.717) is 21.7 Å². The first-order valence-corrected chi connectivity index (χ1v) is 17.6. The van der Waals surface area contributed by atoms with E-state index in [9.17, 15) is 22.8 Å². The molecule has 11 heteroatoms. The summed E-state index contributed by atoms with van der Waals surface area (Å²) in [4.78, 5) is 29.6. The molecule has 0 amide bonds. The first-order valence-electron chi connectivity index (χ1n) is 12.7. The van der Waals surface area contributed by atoms with Crippen LogP contribution in [-0.2, 0) is 20.0 Å². The molecule has 0 saturated heterocycles. The number of thiazole rings is 1. The van der Waals surface area contributed by atoms with Crippen molar-refractivity contribution in [3.63, 3.8) is 0 Å². The molecule has 37 heavy (non-hydrogen) atoms. The van der Waals surface area contributed by atoms with Crippen molar-refractivity contribution in [2.75, 3.05) is 5.75 Å². The van der Waals surface area contributed by atoms with Gasteiger partial charge in [-0.2, -0.15) is 0 Å². The molecule has 7 nitrogen and oxygen atoms in total. The van der Waals surface area contributed by atoms with Gasteiger partial charge in [0.25, 0.3) is 0 Å². The third kappa shape index (κ3) is 6.49. The van der Waals surface area contributed by atoms with Crippen LogP contribution in [0.2, 0.25) is 0 Å². The molecule has 0 bridgehead atoms. The smallest absolute Gasteiger partial charge is 0.241 e. The average molecular weight is 581 g/mol. The lowest BCUT2D eigenvalue weighted by molar-refractivity contribution is -0.318. The molecule has 2 aromatic carbocycles. The molecule has 0 aliphatic heterocycles. The fourth-order valence-electron chi connectivity index (χ4n) is 5.32. The van der Waals surface area contributed by atoms with Gasteiger partial charge < -0.3 is 14.4 Å². The zero-order valence-corrected chi connectivity index (χ0v) is 24.4. The van der Waals surface area contributed by atoms with Gasteiger partial charge in [-0.3, -0.25) is 0 Å². The Balaban J connectivity index is 1.61. The van der Waals surface area contributed by atoms with Crippen molar-refractivity contribution in [1.29, 1.82) is 0 Å². The predicted octanol–water partition coefficient (Wildman–Crippen LogP) is 5.24. The van der Waals surface area contributed by atoms with Crippen LogP contribution in [0.4, 0.5) is 0 Å². The second-order valence-corrected chi connectivity index (χ2v) is 15.3. The number of rotatable bonds is 11. The van der Waals surface area contributed by atoms with E-state index >= 15 is 0 Å². The van der Waals surface area contributed by atoms with Crippen LogP contribution in [0.15, 0.2) is 57.8 Å². The van der Waals surface area contributed by atoms with Crippen molar-refractivity contribution in [2.45, 2.75) is 79.2 Å². The first-order chi connectivity index (χ1) is 17.6. The molecular formula is C26H33N2O5PS3-2. The van der Waals surface area contributed by atoms with E-state index in [0.717, 1.165) is 10.1 Å². The van der Waals surface area contributed by atoms with Crippen LogP contribution < -0.4 is 14.5 Å². The number of fused-ring (bicyclic) bond motifs is 1. The SMILES string of the molecule is CCC(CC)(c1ccccc1)C(NS(=O)(=O)c1ccc2nc(SCC3CCCCC3)sc2c1)P(=O)([O-])[O-]. The first kappa shape index (κ1) is 28.7. The third-order valence-electron chi connectivity index (χ3n) is 7.53. The van der Waals surface area contributed by atoms with Crippen LogP contribution >= 0.6 is 30.7 Å². The zero-order valence-electron chi connectivity index (χ0n) is 21.1. The van der Waals surface area contributed by atoms with Gasteiger partial charge in [0.05, 0.1) is 20.9 Å². The highest BCUT2D eigenvalue weighted by Crippen LogP contribution is 2.48. The predicted molar refractivity (Wildman–Crippen MR) is 147 cm³/mol. The van der Waals surface area contributed by atoms with Crippen LogP contribution in [0.1, 0.15) is 64.4 Å². The van der Waals surface area contributed by atoms with E-state index in [1.807, 2.05) is 0 Å². The van der Waals surface area contributed by atoms with E-state index in [2.05, 4.69) is 9.71 Å². The van der Waals surface area contributed by atoms with E-state index < -0.39 is 28.8 Å². The maximum atomic E-state index is 13.5. The standard InChI is InChI=1S/C26H35N2O5PS3/c1-3-26(4-2,20-13-9-6-10-14-20)24(34(29,30)31)28-37(32,33)21-15-16-22-23(17-21)36-25(27-22)35-18-19-11-7-5-8-12-19/h6,9-10,13-17,19,24,28H,3-5,7-8,11-12,18H2,1-2H3,(H2,29,30,31)/p-2. The minimum atomic E-state index is -5.38. The molecule has 0 radical (unpaired) electrons. The number of benzene rings is 2. The molecule has 1 fully saturated rings. The normalized spacial score (nSPS) is 16.8. The molecule has 1 saturated carbocycles. The average Bonchev–Trinajstić information content (AvgIpc) is 3.31. The number of nitrogens with one attached hydrogen (secondary N) is 1.